The number of nitrogens with one attached hydrogen (secondary N) is 1. The van der Waals surface area contributed by atoms with Crippen LogP contribution in [0.3, 0.4) is 0 Å². The average molecular weight is 387 g/mol. The SMILES string of the molecule is Cc1ccc(NC(=O)/C(C#N)=C\c2ccc(-c3ccc([N+](=O)[O-])cc3)o2)c(C)c1. The van der Waals surface area contributed by atoms with Crippen LogP contribution in [0.5, 0.6) is 0 Å². The molecule has 29 heavy (non-hydrogen) atoms. The van der Waals surface area contributed by atoms with Crippen molar-refractivity contribution in [3.8, 4) is 17.4 Å². The molecule has 0 saturated carbocycles. The van der Waals surface area contributed by atoms with Crippen LogP contribution in [0.25, 0.3) is 17.4 Å². The van der Waals surface area contributed by atoms with E-state index in [0.29, 0.717) is 22.8 Å². The molecule has 1 N–H and O–H groups in total. The molecular formula is C22H17N3O4. The second-order valence-electron chi connectivity index (χ2n) is 6.45. The quantitative estimate of drug-likeness (QED) is 0.286. The number of nitrogens with zero attached hydrogens (tertiary/aromatic N) is 2. The first-order valence-corrected chi connectivity index (χ1v) is 8.72. The van der Waals surface area contributed by atoms with Gasteiger partial charge in [-0.25, -0.2) is 0 Å². The van der Waals surface area contributed by atoms with Crippen molar-refractivity contribution in [3.05, 3.63) is 87.2 Å². The van der Waals surface area contributed by atoms with Gasteiger partial charge in [0.15, 0.2) is 0 Å². The molecule has 144 valence electrons. The fourth-order valence-electron chi connectivity index (χ4n) is 2.77. The highest BCUT2D eigenvalue weighted by Gasteiger charge is 2.13. The van der Waals surface area contributed by atoms with E-state index in [1.165, 1.54) is 18.2 Å². The number of nitro groups is 1. The summed E-state index contributed by atoms with van der Waals surface area (Å²) in [6, 6.07) is 16.7. The standard InChI is InChI=1S/C22H17N3O4/c1-14-3-9-20(15(2)11-14)24-22(26)17(13-23)12-19-8-10-21(29-19)16-4-6-18(7-5-16)25(27)28/h3-12H,1-2H3,(H,24,26)/b17-12-. The second kappa shape index (κ2) is 8.23. The summed E-state index contributed by atoms with van der Waals surface area (Å²) in [6.45, 7) is 3.83. The molecule has 2 aromatic carbocycles. The Bertz CT molecular complexity index is 1150. The van der Waals surface area contributed by atoms with Gasteiger partial charge in [0.1, 0.15) is 23.2 Å². The van der Waals surface area contributed by atoms with E-state index in [2.05, 4.69) is 5.32 Å². The highest BCUT2D eigenvalue weighted by Crippen LogP contribution is 2.25. The highest BCUT2D eigenvalue weighted by molar-refractivity contribution is 6.09. The Labute approximate surface area is 167 Å². The zero-order valence-corrected chi connectivity index (χ0v) is 15.8. The molecule has 3 aromatic rings. The second-order valence-corrected chi connectivity index (χ2v) is 6.45. The Balaban J connectivity index is 1.80. The number of carbonyl (C=O) groups is 1. The van der Waals surface area contributed by atoms with Gasteiger partial charge in [-0.2, -0.15) is 5.26 Å². The zero-order valence-electron chi connectivity index (χ0n) is 15.8. The monoisotopic (exact) mass is 387 g/mol. The molecule has 1 heterocycles. The summed E-state index contributed by atoms with van der Waals surface area (Å²) in [5, 5.41) is 22.8. The molecule has 0 aliphatic heterocycles. The van der Waals surface area contributed by atoms with Crippen molar-refractivity contribution in [1.82, 2.24) is 0 Å². The van der Waals surface area contributed by atoms with Gasteiger partial charge in [0.05, 0.1) is 4.92 Å². The van der Waals surface area contributed by atoms with Crippen LogP contribution in [0.2, 0.25) is 0 Å². The molecule has 3 rings (SSSR count). The lowest BCUT2D eigenvalue weighted by atomic mass is 10.1. The van der Waals surface area contributed by atoms with Crippen molar-refractivity contribution in [3.63, 3.8) is 0 Å². The predicted molar refractivity (Wildman–Crippen MR) is 109 cm³/mol. The molecule has 1 aromatic heterocycles. The first kappa shape index (κ1) is 19.6. The maximum absolute atomic E-state index is 12.5. The third-order valence-electron chi connectivity index (χ3n) is 4.27. The smallest absolute Gasteiger partial charge is 0.269 e. The number of non-ortho nitro benzene ring substituents is 1. The lowest BCUT2D eigenvalue weighted by Gasteiger charge is -2.08. The number of aryl methyl sites for hydroxylation is 2. The van der Waals surface area contributed by atoms with E-state index in [-0.39, 0.29) is 11.3 Å². The van der Waals surface area contributed by atoms with E-state index < -0.39 is 10.8 Å². The third kappa shape index (κ3) is 4.57. The van der Waals surface area contributed by atoms with E-state index in [1.807, 2.05) is 32.0 Å². The van der Waals surface area contributed by atoms with Gasteiger partial charge in [0.25, 0.3) is 11.6 Å². The number of amides is 1. The Morgan fingerprint density at radius 1 is 1.14 bits per heavy atom. The number of anilines is 1. The van der Waals surface area contributed by atoms with Gasteiger partial charge < -0.3 is 9.73 Å². The average Bonchev–Trinajstić information content (AvgIpc) is 3.17. The molecule has 7 nitrogen and oxygen atoms in total. The molecule has 0 unspecified atom stereocenters. The maximum atomic E-state index is 12.5. The number of benzene rings is 2. The maximum Gasteiger partial charge on any atom is 0.269 e. The van der Waals surface area contributed by atoms with E-state index in [9.17, 15) is 20.2 Å². The van der Waals surface area contributed by atoms with Gasteiger partial charge in [0, 0.05) is 29.5 Å². The molecular weight excluding hydrogens is 370 g/mol. The Hall–Kier alpha value is -4.18. The van der Waals surface area contributed by atoms with Gasteiger partial charge >= 0.3 is 0 Å². The molecule has 0 aliphatic rings. The van der Waals surface area contributed by atoms with Gasteiger partial charge in [-0.15, -0.1) is 0 Å². The van der Waals surface area contributed by atoms with Gasteiger partial charge in [0.2, 0.25) is 0 Å². The number of furan rings is 1. The molecule has 7 heteroatoms. The van der Waals surface area contributed by atoms with Gasteiger partial charge in [-0.3, -0.25) is 14.9 Å². The summed E-state index contributed by atoms with van der Waals surface area (Å²) in [6.07, 6.45) is 1.35. The lowest BCUT2D eigenvalue weighted by molar-refractivity contribution is -0.384. The highest BCUT2D eigenvalue weighted by atomic mass is 16.6. The molecule has 0 aliphatic carbocycles. The van der Waals surface area contributed by atoms with E-state index in [1.54, 1.807) is 30.3 Å². The Morgan fingerprint density at radius 2 is 1.86 bits per heavy atom. The summed E-state index contributed by atoms with van der Waals surface area (Å²) >= 11 is 0. The van der Waals surface area contributed by atoms with Crippen LogP contribution < -0.4 is 5.32 Å². The van der Waals surface area contributed by atoms with Crippen LogP contribution in [0.15, 0.2) is 64.6 Å². The fraction of sp³-hybridized carbons (Fsp3) is 0.0909. The van der Waals surface area contributed by atoms with Crippen LogP contribution in [0, 0.1) is 35.3 Å². The number of hydrogen-bond acceptors (Lipinski definition) is 5. The van der Waals surface area contributed by atoms with Crippen LogP contribution >= 0.6 is 0 Å². The third-order valence-corrected chi connectivity index (χ3v) is 4.27. The predicted octanol–water partition coefficient (Wildman–Crippen LogP) is 5.02. The molecule has 0 saturated heterocycles. The van der Waals surface area contributed by atoms with Crippen molar-refractivity contribution in [2.45, 2.75) is 13.8 Å². The summed E-state index contributed by atoms with van der Waals surface area (Å²) in [4.78, 5) is 22.7. The molecule has 0 radical (unpaired) electrons. The van der Waals surface area contributed by atoms with Crippen molar-refractivity contribution in [2.75, 3.05) is 5.32 Å². The molecule has 0 atom stereocenters. The van der Waals surface area contributed by atoms with Crippen LogP contribution in [0.1, 0.15) is 16.9 Å². The minimum atomic E-state index is -0.535. The summed E-state index contributed by atoms with van der Waals surface area (Å²) < 4.78 is 5.66. The minimum absolute atomic E-state index is 0.0183. The molecule has 0 bridgehead atoms. The van der Waals surface area contributed by atoms with Crippen molar-refractivity contribution in [1.29, 1.82) is 5.26 Å². The van der Waals surface area contributed by atoms with E-state index in [0.717, 1.165) is 11.1 Å². The fourth-order valence-corrected chi connectivity index (χ4v) is 2.77. The largest absolute Gasteiger partial charge is 0.457 e. The first-order valence-electron chi connectivity index (χ1n) is 8.72. The zero-order chi connectivity index (χ0) is 21.0. The number of nitro benzene ring substituents is 1. The molecule has 1 amide bonds. The minimum Gasteiger partial charge on any atom is -0.457 e. The summed E-state index contributed by atoms with van der Waals surface area (Å²) in [5.41, 5.74) is 3.13. The summed E-state index contributed by atoms with van der Waals surface area (Å²) in [7, 11) is 0. The van der Waals surface area contributed by atoms with E-state index in [4.69, 9.17) is 4.42 Å². The van der Waals surface area contributed by atoms with Crippen LogP contribution in [-0.4, -0.2) is 10.8 Å². The Morgan fingerprint density at radius 3 is 2.48 bits per heavy atom. The van der Waals surface area contributed by atoms with E-state index >= 15 is 0 Å². The van der Waals surface area contributed by atoms with Crippen molar-refractivity contribution >= 4 is 23.4 Å². The normalized spacial score (nSPS) is 11.0. The molecule has 0 spiro atoms. The van der Waals surface area contributed by atoms with Gasteiger partial charge in [-0.05, 0) is 49.7 Å². The Kier molecular flexibility index (Phi) is 5.56. The molecule has 0 fully saturated rings. The first-order chi connectivity index (χ1) is 13.9. The lowest BCUT2D eigenvalue weighted by Crippen LogP contribution is -2.14. The van der Waals surface area contributed by atoms with Gasteiger partial charge in [-0.1, -0.05) is 17.7 Å². The van der Waals surface area contributed by atoms with Crippen molar-refractivity contribution < 1.29 is 14.1 Å². The summed E-state index contributed by atoms with van der Waals surface area (Å²) in [5.74, 6) is 0.261. The van der Waals surface area contributed by atoms with Crippen LogP contribution in [-0.2, 0) is 4.79 Å². The topological polar surface area (TPSA) is 109 Å². The number of hydrogen-bond donors (Lipinski definition) is 1. The van der Waals surface area contributed by atoms with Crippen LogP contribution in [0.4, 0.5) is 11.4 Å². The van der Waals surface area contributed by atoms with Crippen molar-refractivity contribution in [2.24, 2.45) is 0 Å². The number of carbonyl (C=O) groups excluding carboxylic acids is 1. The number of rotatable bonds is 5. The number of nitriles is 1.